The highest BCUT2D eigenvalue weighted by molar-refractivity contribution is 6.22. The Kier molecular flexibility index (Phi) is 7.64. The van der Waals surface area contributed by atoms with Crippen LogP contribution in [0.25, 0.3) is 121 Å². The van der Waals surface area contributed by atoms with E-state index < -0.39 is 0 Å². The van der Waals surface area contributed by atoms with Gasteiger partial charge in [-0.3, -0.25) is 0 Å². The van der Waals surface area contributed by atoms with Crippen molar-refractivity contribution in [3.63, 3.8) is 0 Å². The summed E-state index contributed by atoms with van der Waals surface area (Å²) in [5.74, 6) is 0. The molecule has 0 amide bonds. The summed E-state index contributed by atoms with van der Waals surface area (Å²) in [5, 5.41) is 12.6. The van der Waals surface area contributed by atoms with Crippen molar-refractivity contribution in [2.75, 3.05) is 0 Å². The van der Waals surface area contributed by atoms with Crippen LogP contribution >= 0.6 is 0 Å². The summed E-state index contributed by atoms with van der Waals surface area (Å²) in [6, 6.07) is 84.8. The number of rotatable bonds is 5. The number of hydrogen-bond donors (Lipinski definition) is 0. The van der Waals surface area contributed by atoms with Crippen LogP contribution in [0.2, 0.25) is 0 Å². The lowest BCUT2D eigenvalue weighted by Gasteiger charge is -2.18. The van der Waals surface area contributed by atoms with E-state index in [0.29, 0.717) is 0 Å². The second-order valence-electron chi connectivity index (χ2n) is 16.5. The number of para-hydroxylation sites is 3. The van der Waals surface area contributed by atoms with Gasteiger partial charge in [-0.05, 0) is 126 Å². The van der Waals surface area contributed by atoms with E-state index in [4.69, 9.17) is 0 Å². The zero-order valence-electron chi connectivity index (χ0n) is 33.8. The van der Waals surface area contributed by atoms with Gasteiger partial charge in [-0.25, -0.2) is 0 Å². The molecule has 13 aromatic rings. The van der Waals surface area contributed by atoms with E-state index in [1.807, 2.05) is 0 Å². The van der Waals surface area contributed by atoms with Gasteiger partial charge in [0.05, 0.1) is 22.1 Å². The molecule has 288 valence electrons. The molecule has 0 saturated heterocycles. The lowest BCUT2D eigenvalue weighted by Crippen LogP contribution is -1.95. The highest BCUT2D eigenvalue weighted by Gasteiger charge is 2.19. The van der Waals surface area contributed by atoms with Crippen molar-refractivity contribution in [2.45, 2.75) is 0 Å². The minimum atomic E-state index is 1.14. The highest BCUT2D eigenvalue weighted by Crippen LogP contribution is 2.45. The van der Waals surface area contributed by atoms with E-state index in [1.165, 1.54) is 115 Å². The molecule has 2 heteroatoms. The third-order valence-corrected chi connectivity index (χ3v) is 13.1. The fraction of sp³-hybridized carbons (Fsp3) is 0. The number of hydrogen-bond acceptors (Lipinski definition) is 0. The molecule has 2 aromatic heterocycles. The molecule has 0 saturated carbocycles. The van der Waals surface area contributed by atoms with Gasteiger partial charge in [0.15, 0.2) is 0 Å². The van der Waals surface area contributed by atoms with E-state index >= 15 is 0 Å². The van der Waals surface area contributed by atoms with Crippen LogP contribution in [-0.4, -0.2) is 9.13 Å². The molecular weight excluding hydrogens is 749 g/mol. The van der Waals surface area contributed by atoms with Crippen LogP contribution in [0.4, 0.5) is 0 Å². The van der Waals surface area contributed by atoms with Crippen molar-refractivity contribution < 1.29 is 0 Å². The second kappa shape index (κ2) is 13.7. The predicted molar refractivity (Wildman–Crippen MR) is 264 cm³/mol. The lowest BCUT2D eigenvalue weighted by atomic mass is 9.85. The third-order valence-electron chi connectivity index (χ3n) is 13.1. The minimum absolute atomic E-state index is 1.14. The molecular formula is C60H38N2. The van der Waals surface area contributed by atoms with Gasteiger partial charge in [0.1, 0.15) is 0 Å². The maximum absolute atomic E-state index is 2.44. The second-order valence-corrected chi connectivity index (χ2v) is 16.5. The smallest absolute Gasteiger partial charge is 0.0547 e. The number of nitrogens with zero attached hydrogens (tertiary/aromatic N) is 2. The van der Waals surface area contributed by atoms with Gasteiger partial charge in [0, 0.05) is 32.9 Å². The Balaban J connectivity index is 0.962. The van der Waals surface area contributed by atoms with Crippen molar-refractivity contribution in [1.29, 1.82) is 0 Å². The minimum Gasteiger partial charge on any atom is -0.309 e. The zero-order valence-corrected chi connectivity index (χ0v) is 33.8. The molecule has 0 aliphatic carbocycles. The van der Waals surface area contributed by atoms with Gasteiger partial charge in [-0.15, -0.1) is 0 Å². The first kappa shape index (κ1) is 34.6. The normalized spacial score (nSPS) is 11.9. The molecule has 62 heavy (non-hydrogen) atoms. The topological polar surface area (TPSA) is 9.86 Å². The summed E-state index contributed by atoms with van der Waals surface area (Å²) in [6.07, 6.45) is 0. The standard InChI is InChI=1S/C60H38N2/c1-2-16-45(17-3-1)61-56-25-13-11-19-48(56)54-37-42(31-35-57(54)61)43-30-34-49-47-18-10-12-24-55(47)62(58(49)38-43)46-32-28-40(29-33-46)59-50-20-6-8-22-52(50)60(53-23-9-7-21-51(53)59)44-27-26-39-14-4-5-15-41(39)36-44/h1-38H. The van der Waals surface area contributed by atoms with Crippen LogP contribution in [0, 0.1) is 0 Å². The Morgan fingerprint density at radius 3 is 1.32 bits per heavy atom. The predicted octanol–water partition coefficient (Wildman–Crippen LogP) is 16.3. The van der Waals surface area contributed by atoms with Crippen LogP contribution in [0.3, 0.4) is 0 Å². The molecule has 0 aliphatic heterocycles. The van der Waals surface area contributed by atoms with Crippen LogP contribution in [-0.2, 0) is 0 Å². The summed E-state index contributed by atoms with van der Waals surface area (Å²) in [5.41, 5.74) is 14.5. The molecule has 2 heterocycles. The van der Waals surface area contributed by atoms with Gasteiger partial charge in [-0.1, -0.05) is 170 Å². The van der Waals surface area contributed by atoms with E-state index in [2.05, 4.69) is 240 Å². The number of benzene rings is 11. The van der Waals surface area contributed by atoms with E-state index in [1.54, 1.807) is 0 Å². The Hall–Kier alpha value is -8.20. The molecule has 0 fully saturated rings. The quantitative estimate of drug-likeness (QED) is 0.154. The fourth-order valence-electron chi connectivity index (χ4n) is 10.3. The van der Waals surface area contributed by atoms with E-state index in [9.17, 15) is 0 Å². The van der Waals surface area contributed by atoms with Crippen LogP contribution in [0.5, 0.6) is 0 Å². The largest absolute Gasteiger partial charge is 0.309 e. The maximum Gasteiger partial charge on any atom is 0.0547 e. The summed E-state index contributed by atoms with van der Waals surface area (Å²) in [7, 11) is 0. The summed E-state index contributed by atoms with van der Waals surface area (Å²) >= 11 is 0. The number of aromatic nitrogens is 2. The summed E-state index contributed by atoms with van der Waals surface area (Å²) in [4.78, 5) is 0. The molecule has 0 radical (unpaired) electrons. The van der Waals surface area contributed by atoms with Crippen LogP contribution < -0.4 is 0 Å². The van der Waals surface area contributed by atoms with Gasteiger partial charge in [0.25, 0.3) is 0 Å². The maximum atomic E-state index is 2.44. The Morgan fingerprint density at radius 1 is 0.210 bits per heavy atom. The average molecular weight is 787 g/mol. The third kappa shape index (κ3) is 5.23. The first-order chi connectivity index (χ1) is 30.8. The SMILES string of the molecule is c1ccc(-n2c3ccccc3c3cc(-c4ccc5c6ccccc6n(-c6ccc(-c7c8ccccc8c(-c8ccc9ccccc9c8)c8ccccc78)cc6)c5c4)ccc32)cc1. The Bertz CT molecular complexity index is 3850. The zero-order chi connectivity index (χ0) is 40.7. The monoisotopic (exact) mass is 786 g/mol. The van der Waals surface area contributed by atoms with E-state index in [-0.39, 0.29) is 0 Å². The molecule has 0 N–H and O–H groups in total. The van der Waals surface area contributed by atoms with Crippen molar-refractivity contribution in [3.05, 3.63) is 231 Å². The van der Waals surface area contributed by atoms with Gasteiger partial charge < -0.3 is 9.13 Å². The van der Waals surface area contributed by atoms with Crippen molar-refractivity contribution in [1.82, 2.24) is 9.13 Å². The molecule has 0 spiro atoms. The van der Waals surface area contributed by atoms with Crippen molar-refractivity contribution in [3.8, 4) is 44.8 Å². The van der Waals surface area contributed by atoms with Crippen molar-refractivity contribution in [2.24, 2.45) is 0 Å². The summed E-state index contributed by atoms with van der Waals surface area (Å²) < 4.78 is 4.82. The molecule has 0 aliphatic rings. The lowest BCUT2D eigenvalue weighted by molar-refractivity contribution is 1.18. The molecule has 13 rings (SSSR count). The van der Waals surface area contributed by atoms with Gasteiger partial charge in [-0.2, -0.15) is 0 Å². The van der Waals surface area contributed by atoms with E-state index in [0.717, 1.165) is 5.69 Å². The molecule has 0 bridgehead atoms. The first-order valence-corrected chi connectivity index (χ1v) is 21.4. The fourth-order valence-corrected chi connectivity index (χ4v) is 10.3. The Morgan fingerprint density at radius 2 is 0.645 bits per heavy atom. The average Bonchev–Trinajstić information content (AvgIpc) is 3.85. The number of fused-ring (bicyclic) bond motifs is 9. The summed E-state index contributed by atoms with van der Waals surface area (Å²) in [6.45, 7) is 0. The van der Waals surface area contributed by atoms with Crippen LogP contribution in [0.15, 0.2) is 231 Å². The van der Waals surface area contributed by atoms with Gasteiger partial charge in [0.2, 0.25) is 0 Å². The van der Waals surface area contributed by atoms with Gasteiger partial charge >= 0.3 is 0 Å². The Labute approximate surface area is 358 Å². The molecule has 11 aromatic carbocycles. The molecule has 2 nitrogen and oxygen atoms in total. The first-order valence-electron chi connectivity index (χ1n) is 21.4. The molecule has 0 unspecified atom stereocenters. The highest BCUT2D eigenvalue weighted by atomic mass is 15.0. The molecule has 0 atom stereocenters. The van der Waals surface area contributed by atoms with Crippen molar-refractivity contribution >= 4 is 75.9 Å². The van der Waals surface area contributed by atoms with Crippen LogP contribution in [0.1, 0.15) is 0 Å².